The van der Waals surface area contributed by atoms with E-state index < -0.39 is 0 Å². The highest BCUT2D eigenvalue weighted by molar-refractivity contribution is 7.99. The van der Waals surface area contributed by atoms with E-state index in [9.17, 15) is 9.59 Å². The van der Waals surface area contributed by atoms with E-state index in [1.807, 2.05) is 50.5 Å². The van der Waals surface area contributed by atoms with Gasteiger partial charge in [-0.3, -0.25) is 14.2 Å². The molecule has 2 heterocycles. The van der Waals surface area contributed by atoms with Crippen LogP contribution < -0.4 is 5.56 Å². The topological polar surface area (TPSA) is 55.2 Å². The molecule has 0 aliphatic carbocycles. The minimum atomic E-state index is -0.0806. The molecule has 28 heavy (non-hydrogen) atoms. The lowest BCUT2D eigenvalue weighted by atomic mass is 10.1. The highest BCUT2D eigenvalue weighted by atomic mass is 32.2. The lowest BCUT2D eigenvalue weighted by Crippen LogP contribution is -2.29. The number of hydrogen-bond acceptors (Lipinski definition) is 5. The second kappa shape index (κ2) is 8.92. The summed E-state index contributed by atoms with van der Waals surface area (Å²) in [6, 6.07) is 7.76. The first-order valence-electron chi connectivity index (χ1n) is 9.37. The van der Waals surface area contributed by atoms with E-state index in [4.69, 9.17) is 4.98 Å². The number of carbonyl (C=O) groups is 1. The normalized spacial score (nSPS) is 11.1. The molecule has 0 saturated heterocycles. The molecule has 1 amide bonds. The number of nitrogens with zero attached hydrogens (tertiary/aromatic N) is 3. The van der Waals surface area contributed by atoms with E-state index in [1.54, 1.807) is 9.47 Å². The molecular weight excluding hydrogens is 390 g/mol. The fraction of sp³-hybridized carbons (Fsp3) is 0.381. The van der Waals surface area contributed by atoms with Crippen molar-refractivity contribution in [1.82, 2.24) is 14.5 Å². The van der Waals surface area contributed by atoms with Crippen molar-refractivity contribution in [2.75, 3.05) is 19.3 Å². The minimum Gasteiger partial charge on any atom is -0.345 e. The Labute approximate surface area is 173 Å². The summed E-state index contributed by atoms with van der Waals surface area (Å²) in [5.74, 6) is 0.304. The van der Waals surface area contributed by atoms with Crippen LogP contribution in [0, 0.1) is 13.8 Å². The molecule has 7 heteroatoms. The van der Waals surface area contributed by atoms with Crippen molar-refractivity contribution in [3.05, 3.63) is 51.1 Å². The fourth-order valence-corrected chi connectivity index (χ4v) is 4.64. The Morgan fingerprint density at radius 3 is 2.82 bits per heavy atom. The Balaban J connectivity index is 2.01. The summed E-state index contributed by atoms with van der Waals surface area (Å²) in [5.41, 5.74) is 3.58. The Kier molecular flexibility index (Phi) is 6.57. The van der Waals surface area contributed by atoms with Crippen LogP contribution in [0.4, 0.5) is 0 Å². The van der Waals surface area contributed by atoms with Gasteiger partial charge in [0.05, 0.1) is 17.0 Å². The molecule has 3 rings (SSSR count). The maximum atomic E-state index is 13.2. The van der Waals surface area contributed by atoms with E-state index in [0.717, 1.165) is 36.2 Å². The number of rotatable bonds is 7. The Bertz CT molecular complexity index is 1060. The van der Waals surface area contributed by atoms with Crippen LogP contribution in [-0.2, 0) is 4.79 Å². The number of carbonyl (C=O) groups excluding carboxylic acids is 1. The molecule has 0 atom stereocenters. The molecule has 1 aromatic carbocycles. The summed E-state index contributed by atoms with van der Waals surface area (Å²) in [4.78, 5) is 32.2. The number of aromatic nitrogens is 2. The molecule has 0 N–H and O–H groups in total. The van der Waals surface area contributed by atoms with Crippen LogP contribution >= 0.6 is 23.1 Å². The summed E-state index contributed by atoms with van der Waals surface area (Å²) < 4.78 is 2.29. The van der Waals surface area contributed by atoms with E-state index in [0.29, 0.717) is 15.4 Å². The summed E-state index contributed by atoms with van der Waals surface area (Å²) in [7, 11) is 1.83. The zero-order valence-electron chi connectivity index (χ0n) is 16.7. The van der Waals surface area contributed by atoms with Crippen LogP contribution in [0.1, 0.15) is 30.9 Å². The van der Waals surface area contributed by atoms with Gasteiger partial charge >= 0.3 is 0 Å². The smallest absolute Gasteiger partial charge is 0.276 e. The first kappa shape index (κ1) is 20.6. The van der Waals surface area contributed by atoms with Gasteiger partial charge in [0, 0.05) is 13.6 Å². The maximum absolute atomic E-state index is 13.2. The quantitative estimate of drug-likeness (QED) is 0.424. The van der Waals surface area contributed by atoms with Crippen molar-refractivity contribution >= 4 is 39.2 Å². The van der Waals surface area contributed by atoms with Crippen molar-refractivity contribution in [3.8, 4) is 5.69 Å². The van der Waals surface area contributed by atoms with Gasteiger partial charge in [-0.25, -0.2) is 4.98 Å². The predicted molar refractivity (Wildman–Crippen MR) is 118 cm³/mol. The largest absolute Gasteiger partial charge is 0.345 e. The van der Waals surface area contributed by atoms with Gasteiger partial charge in [-0.05, 0) is 48.9 Å². The number of thiophene rings is 1. The number of unbranched alkanes of at least 4 members (excludes halogenated alkanes) is 1. The lowest BCUT2D eigenvalue weighted by molar-refractivity contribution is -0.127. The van der Waals surface area contributed by atoms with Crippen LogP contribution in [0.25, 0.3) is 15.9 Å². The molecule has 3 aromatic rings. The average molecular weight is 416 g/mol. The summed E-state index contributed by atoms with van der Waals surface area (Å²) in [5, 5.41) is 2.44. The molecule has 0 radical (unpaired) electrons. The van der Waals surface area contributed by atoms with Crippen molar-refractivity contribution in [3.63, 3.8) is 0 Å². The summed E-state index contributed by atoms with van der Waals surface area (Å²) in [6.07, 6.45) is 2.03. The summed E-state index contributed by atoms with van der Waals surface area (Å²) >= 11 is 2.72. The number of amides is 1. The number of thioether (sulfide) groups is 1. The Hall–Kier alpha value is -2.12. The molecule has 5 nitrogen and oxygen atoms in total. The molecule has 0 fully saturated rings. The third kappa shape index (κ3) is 4.15. The van der Waals surface area contributed by atoms with Gasteiger partial charge in [-0.15, -0.1) is 11.3 Å². The number of benzene rings is 1. The van der Waals surface area contributed by atoms with E-state index in [1.165, 1.54) is 23.1 Å². The second-order valence-corrected chi connectivity index (χ2v) is 8.71. The molecule has 0 spiro atoms. The number of aryl methyl sites for hydroxylation is 1. The zero-order chi connectivity index (χ0) is 20.3. The van der Waals surface area contributed by atoms with E-state index in [2.05, 4.69) is 6.92 Å². The third-order valence-corrected chi connectivity index (χ3v) is 6.68. The van der Waals surface area contributed by atoms with Gasteiger partial charge in [0.25, 0.3) is 5.56 Å². The lowest BCUT2D eigenvalue weighted by Gasteiger charge is -2.18. The van der Waals surface area contributed by atoms with Gasteiger partial charge in [-0.2, -0.15) is 0 Å². The Morgan fingerprint density at radius 2 is 2.07 bits per heavy atom. The number of fused-ring (bicyclic) bond motifs is 1. The van der Waals surface area contributed by atoms with Crippen LogP contribution in [0.3, 0.4) is 0 Å². The molecule has 0 saturated carbocycles. The van der Waals surface area contributed by atoms with Crippen LogP contribution in [0.2, 0.25) is 0 Å². The first-order valence-corrected chi connectivity index (χ1v) is 11.2. The molecule has 0 aliphatic heterocycles. The van der Waals surface area contributed by atoms with E-state index in [-0.39, 0.29) is 17.2 Å². The molecule has 148 valence electrons. The van der Waals surface area contributed by atoms with Crippen LogP contribution in [0.5, 0.6) is 0 Å². The molecule has 0 unspecified atom stereocenters. The predicted octanol–water partition coefficient (Wildman–Crippen LogP) is 4.41. The summed E-state index contributed by atoms with van der Waals surface area (Å²) in [6.45, 7) is 6.89. The maximum Gasteiger partial charge on any atom is 0.276 e. The Morgan fingerprint density at radius 1 is 1.29 bits per heavy atom. The zero-order valence-corrected chi connectivity index (χ0v) is 18.3. The van der Waals surface area contributed by atoms with Crippen molar-refractivity contribution in [1.29, 1.82) is 0 Å². The molecular formula is C21H25N3O2S2. The monoisotopic (exact) mass is 415 g/mol. The SMILES string of the molecule is CCCCN(C)C(=O)CSc1nc2ccsc2c(=O)n1-c1cccc(C)c1C. The van der Waals surface area contributed by atoms with Gasteiger partial charge in [0.2, 0.25) is 5.91 Å². The second-order valence-electron chi connectivity index (χ2n) is 6.85. The van der Waals surface area contributed by atoms with E-state index >= 15 is 0 Å². The van der Waals surface area contributed by atoms with Crippen LogP contribution in [0.15, 0.2) is 39.6 Å². The van der Waals surface area contributed by atoms with Gasteiger partial charge in [0.1, 0.15) is 4.70 Å². The highest BCUT2D eigenvalue weighted by Crippen LogP contribution is 2.26. The molecule has 0 aliphatic rings. The van der Waals surface area contributed by atoms with Gasteiger partial charge < -0.3 is 4.90 Å². The minimum absolute atomic E-state index is 0.0469. The van der Waals surface area contributed by atoms with Crippen molar-refractivity contribution < 1.29 is 4.79 Å². The standard InChI is InChI=1S/C21H25N3O2S2/c1-5-6-11-23(4)18(25)13-28-21-22-16-10-12-27-19(16)20(26)24(21)17-9-7-8-14(2)15(17)3/h7-10,12H,5-6,11,13H2,1-4H3. The fourth-order valence-electron chi connectivity index (χ4n) is 2.94. The highest BCUT2D eigenvalue weighted by Gasteiger charge is 2.18. The molecule has 0 bridgehead atoms. The first-order chi connectivity index (χ1) is 13.4. The molecule has 2 aromatic heterocycles. The van der Waals surface area contributed by atoms with Crippen molar-refractivity contribution in [2.45, 2.75) is 38.8 Å². The third-order valence-electron chi connectivity index (χ3n) is 4.86. The average Bonchev–Trinajstić information content (AvgIpc) is 3.16. The van der Waals surface area contributed by atoms with Crippen molar-refractivity contribution in [2.24, 2.45) is 0 Å². The van der Waals surface area contributed by atoms with Gasteiger partial charge in [-0.1, -0.05) is 37.2 Å². The number of hydrogen-bond donors (Lipinski definition) is 0. The van der Waals surface area contributed by atoms with Gasteiger partial charge in [0.15, 0.2) is 5.16 Å². The van der Waals surface area contributed by atoms with Crippen LogP contribution in [-0.4, -0.2) is 39.7 Å².